The molecule has 0 bridgehead atoms. The van der Waals surface area contributed by atoms with Crippen LogP contribution in [0.5, 0.6) is 11.5 Å². The number of fused-ring (bicyclic) bond motifs is 1. The van der Waals surface area contributed by atoms with Crippen LogP contribution in [-0.4, -0.2) is 41.2 Å². The zero-order chi connectivity index (χ0) is 32.0. The van der Waals surface area contributed by atoms with Crippen LogP contribution in [0.3, 0.4) is 0 Å². The fourth-order valence-corrected chi connectivity index (χ4v) is 7.39. The van der Waals surface area contributed by atoms with E-state index in [2.05, 4.69) is 5.32 Å². The number of anilines is 1. The number of aryl methyl sites for hydroxylation is 2. The second kappa shape index (κ2) is 11.8. The van der Waals surface area contributed by atoms with Crippen molar-refractivity contribution in [2.75, 3.05) is 12.1 Å². The first-order valence-electron chi connectivity index (χ1n) is 14.3. The van der Waals surface area contributed by atoms with E-state index in [9.17, 15) is 23.6 Å². The number of hydrogen-bond acceptors (Lipinski definition) is 7. The second-order valence-electron chi connectivity index (χ2n) is 11.2. The normalized spacial score (nSPS) is 20.2. The zero-order valence-electron chi connectivity index (χ0n) is 24.7. The van der Waals surface area contributed by atoms with E-state index in [1.807, 2.05) is 19.9 Å². The molecule has 0 spiro atoms. The summed E-state index contributed by atoms with van der Waals surface area (Å²) < 4.78 is 25.6. The van der Waals surface area contributed by atoms with Crippen molar-refractivity contribution in [3.63, 3.8) is 0 Å². The lowest BCUT2D eigenvalue weighted by Gasteiger charge is -2.31. The molecule has 4 aromatic rings. The van der Waals surface area contributed by atoms with Gasteiger partial charge in [0.25, 0.3) is 5.91 Å². The van der Waals surface area contributed by atoms with Gasteiger partial charge in [0.15, 0.2) is 17.3 Å². The minimum Gasteiger partial charge on any atom is -0.454 e. The van der Waals surface area contributed by atoms with Crippen LogP contribution in [0.1, 0.15) is 60.5 Å². The van der Waals surface area contributed by atoms with Gasteiger partial charge in [-0.3, -0.25) is 19.2 Å². The van der Waals surface area contributed by atoms with E-state index in [1.54, 1.807) is 42.5 Å². The summed E-state index contributed by atoms with van der Waals surface area (Å²) in [6.07, 6.45) is 0. The van der Waals surface area contributed by atoms with Crippen LogP contribution in [0, 0.1) is 25.6 Å². The molecule has 3 N–H and O–H groups in total. The third-order valence-electron chi connectivity index (χ3n) is 8.23. The number of likely N-dealkylation sites (tertiary alicyclic amines) is 1. The molecule has 2 aliphatic heterocycles. The van der Waals surface area contributed by atoms with Crippen molar-refractivity contribution >= 4 is 40.5 Å². The van der Waals surface area contributed by atoms with Crippen LogP contribution in [0.4, 0.5) is 10.1 Å². The Morgan fingerprint density at radius 3 is 2.29 bits per heavy atom. The number of nitrogens with one attached hydrogen (secondary N) is 1. The average molecular weight is 628 g/mol. The molecule has 45 heavy (non-hydrogen) atoms. The first-order valence-corrected chi connectivity index (χ1v) is 15.1. The third kappa shape index (κ3) is 5.55. The molecule has 4 atom stereocenters. The Morgan fingerprint density at radius 2 is 1.64 bits per heavy atom. The van der Waals surface area contributed by atoms with Crippen molar-refractivity contribution in [2.24, 2.45) is 11.7 Å². The van der Waals surface area contributed by atoms with Gasteiger partial charge in [-0.1, -0.05) is 24.3 Å². The minimum atomic E-state index is -1.29. The van der Waals surface area contributed by atoms with E-state index in [4.69, 9.17) is 15.2 Å². The predicted octanol–water partition coefficient (Wildman–Crippen LogP) is 5.53. The highest BCUT2D eigenvalue weighted by Crippen LogP contribution is 2.53. The summed E-state index contributed by atoms with van der Waals surface area (Å²) in [7, 11) is 0. The predicted molar refractivity (Wildman–Crippen MR) is 166 cm³/mol. The van der Waals surface area contributed by atoms with Crippen molar-refractivity contribution in [2.45, 2.75) is 38.8 Å². The Balaban J connectivity index is 1.60. The smallest absolute Gasteiger partial charge is 0.255 e. The number of hydrogen-bond donors (Lipinski definition) is 2. The van der Waals surface area contributed by atoms with Crippen molar-refractivity contribution in [1.29, 1.82) is 0 Å². The fourth-order valence-electron chi connectivity index (χ4n) is 6.46. The van der Waals surface area contributed by atoms with Gasteiger partial charge in [-0.25, -0.2) is 4.39 Å². The topological polar surface area (TPSA) is 128 Å². The molecular weight excluding hydrogens is 597 g/mol. The Bertz CT molecular complexity index is 1840. The average Bonchev–Trinajstić information content (AvgIpc) is 3.71. The third-order valence-corrected chi connectivity index (χ3v) is 9.19. The summed E-state index contributed by atoms with van der Waals surface area (Å²) in [5.74, 6) is -3.59. The van der Waals surface area contributed by atoms with Crippen LogP contribution in [-0.2, 0) is 9.59 Å². The number of nitrogens with two attached hydrogens (primary N) is 1. The van der Waals surface area contributed by atoms with Crippen LogP contribution in [0.15, 0.2) is 72.8 Å². The molecule has 1 saturated heterocycles. The lowest BCUT2D eigenvalue weighted by Crippen LogP contribution is -2.46. The highest BCUT2D eigenvalue weighted by Gasteiger charge is 2.57. The number of primary amides is 1. The lowest BCUT2D eigenvalue weighted by atomic mass is 9.76. The van der Waals surface area contributed by atoms with Gasteiger partial charge in [0, 0.05) is 39.4 Å². The fraction of sp³-hybridized carbons (Fsp3) is 0.235. The molecule has 4 unspecified atom stereocenters. The summed E-state index contributed by atoms with van der Waals surface area (Å²) in [4.78, 5) is 57.4. The number of thiophene rings is 1. The Morgan fingerprint density at radius 1 is 0.933 bits per heavy atom. The second-order valence-corrected chi connectivity index (χ2v) is 12.6. The molecule has 6 rings (SSSR count). The summed E-state index contributed by atoms with van der Waals surface area (Å²) >= 11 is 1.48. The number of nitrogens with zero attached hydrogens (tertiary/aromatic N) is 1. The molecule has 9 nitrogen and oxygen atoms in total. The highest BCUT2D eigenvalue weighted by molar-refractivity contribution is 7.12. The summed E-state index contributed by atoms with van der Waals surface area (Å²) in [6.45, 7) is 5.16. The van der Waals surface area contributed by atoms with Gasteiger partial charge < -0.3 is 25.4 Å². The molecule has 3 heterocycles. The number of carbonyl (C=O) groups excluding carboxylic acids is 4. The maximum atomic E-state index is 14.8. The number of carbonyl (C=O) groups is 4. The standard InChI is InChI=1S/C34H30FN3O6S/c1-17-13-25(18(2)45-17)32(40)29-28(20-7-10-24(11-8-20)37-19(3)39)31(33(36)41)38(34(42)22-5-4-6-23(35)14-22)30(29)21-9-12-26-27(15-21)44-16-43-26/h4-15,28-31H,16H2,1-3H3,(H2,36,41)(H,37,39). The van der Waals surface area contributed by atoms with Gasteiger partial charge in [0.2, 0.25) is 18.6 Å². The van der Waals surface area contributed by atoms with E-state index < -0.39 is 41.6 Å². The van der Waals surface area contributed by atoms with E-state index >= 15 is 0 Å². The molecular formula is C34H30FN3O6S. The van der Waals surface area contributed by atoms with Gasteiger partial charge in [0.1, 0.15) is 11.9 Å². The molecule has 230 valence electrons. The number of ether oxygens (including phenoxy) is 2. The van der Waals surface area contributed by atoms with Crippen LogP contribution >= 0.6 is 11.3 Å². The number of benzene rings is 3. The largest absolute Gasteiger partial charge is 0.454 e. The first kappa shape index (κ1) is 30.0. The lowest BCUT2D eigenvalue weighted by molar-refractivity contribution is -0.122. The molecule has 0 aliphatic carbocycles. The Kier molecular flexibility index (Phi) is 7.88. The number of rotatable bonds is 7. The van der Waals surface area contributed by atoms with E-state index in [1.165, 1.54) is 41.4 Å². The van der Waals surface area contributed by atoms with Gasteiger partial charge in [-0.05, 0) is 73.5 Å². The van der Waals surface area contributed by atoms with Crippen LogP contribution in [0.2, 0.25) is 0 Å². The molecule has 1 aromatic heterocycles. The first-order chi connectivity index (χ1) is 21.5. The Hall–Kier alpha value is -5.03. The van der Waals surface area contributed by atoms with E-state index in [0.29, 0.717) is 33.9 Å². The number of amides is 3. The summed E-state index contributed by atoms with van der Waals surface area (Å²) in [5.41, 5.74) is 8.20. The van der Waals surface area contributed by atoms with Gasteiger partial charge in [-0.15, -0.1) is 11.3 Å². The number of Topliss-reactive ketones (excluding diaryl/α,β-unsaturated/α-hetero) is 1. The zero-order valence-corrected chi connectivity index (χ0v) is 25.5. The van der Waals surface area contributed by atoms with Crippen molar-refractivity contribution in [3.8, 4) is 11.5 Å². The molecule has 0 saturated carbocycles. The van der Waals surface area contributed by atoms with E-state index in [0.717, 1.165) is 15.8 Å². The maximum Gasteiger partial charge on any atom is 0.255 e. The minimum absolute atomic E-state index is 0.00223. The van der Waals surface area contributed by atoms with Crippen molar-refractivity contribution in [1.82, 2.24) is 4.90 Å². The van der Waals surface area contributed by atoms with Crippen molar-refractivity contribution < 1.29 is 33.0 Å². The molecule has 1 fully saturated rings. The monoisotopic (exact) mass is 627 g/mol. The van der Waals surface area contributed by atoms with Gasteiger partial charge in [-0.2, -0.15) is 0 Å². The molecule has 3 aromatic carbocycles. The van der Waals surface area contributed by atoms with Gasteiger partial charge >= 0.3 is 0 Å². The maximum absolute atomic E-state index is 14.8. The summed E-state index contributed by atoms with van der Waals surface area (Å²) in [5, 5.41) is 2.72. The number of halogens is 1. The van der Waals surface area contributed by atoms with Crippen LogP contribution in [0.25, 0.3) is 0 Å². The van der Waals surface area contributed by atoms with E-state index in [-0.39, 0.29) is 24.0 Å². The number of ketones is 1. The highest BCUT2D eigenvalue weighted by atomic mass is 32.1. The van der Waals surface area contributed by atoms with Gasteiger partial charge in [0.05, 0.1) is 12.0 Å². The molecule has 3 amide bonds. The summed E-state index contributed by atoms with van der Waals surface area (Å²) in [6, 6.07) is 16.6. The van der Waals surface area contributed by atoms with Crippen LogP contribution < -0.4 is 20.5 Å². The quantitative estimate of drug-likeness (QED) is 0.260. The molecule has 11 heteroatoms. The molecule has 0 radical (unpaired) electrons. The van der Waals surface area contributed by atoms with Crippen molar-refractivity contribution in [3.05, 3.63) is 111 Å². The Labute approximate surface area is 262 Å². The molecule has 2 aliphatic rings. The SMILES string of the molecule is CC(=O)Nc1ccc(C2C(C(=O)c3cc(C)sc3C)C(c3ccc4c(c3)OCO4)N(C(=O)c3cccc(F)c3)C2C(N)=O)cc1.